The molecule has 7 aromatic rings. The van der Waals surface area contributed by atoms with E-state index in [4.69, 9.17) is 28.9 Å². The van der Waals surface area contributed by atoms with Gasteiger partial charge in [0.15, 0.2) is 23.0 Å². The SMILES string of the molecule is CC1(C)COc2c(c3sc2c(-c2ccccc2)c2nc(c(-c4ccccc4)c4sc(c5c4OCC(C)(C)CO5)c(-c4ccccc4)c4nc(c3-c3ccccc3)C=C4)C=C2)OC1. The molecule has 4 aliphatic rings. The fourth-order valence-electron chi connectivity index (χ4n) is 8.42. The zero-order chi connectivity index (χ0) is 42.0. The highest BCUT2D eigenvalue weighted by Gasteiger charge is 2.34. The van der Waals surface area contributed by atoms with E-state index in [-0.39, 0.29) is 10.8 Å². The van der Waals surface area contributed by atoms with E-state index in [2.05, 4.69) is 173 Å². The van der Waals surface area contributed by atoms with Gasteiger partial charge in [-0.05, 0) is 46.6 Å². The lowest BCUT2D eigenvalue weighted by Crippen LogP contribution is -2.26. The number of benzene rings is 4. The average Bonchev–Trinajstić information content (AvgIpc) is 4.07. The van der Waals surface area contributed by atoms with Crippen LogP contribution < -0.4 is 18.9 Å². The third kappa shape index (κ3) is 6.78. The van der Waals surface area contributed by atoms with Crippen LogP contribution in [0.15, 0.2) is 121 Å². The fourth-order valence-corrected chi connectivity index (χ4v) is 11.1. The van der Waals surface area contributed by atoms with Crippen LogP contribution >= 0.6 is 22.7 Å². The predicted molar refractivity (Wildman–Crippen MR) is 257 cm³/mol. The molecular formula is C54H44N2O4S2. The lowest BCUT2D eigenvalue weighted by atomic mass is 9.96. The van der Waals surface area contributed by atoms with Gasteiger partial charge in [-0.25, -0.2) is 9.97 Å². The summed E-state index contributed by atoms with van der Waals surface area (Å²) in [7, 11) is 0. The van der Waals surface area contributed by atoms with Gasteiger partial charge in [0.05, 0.1) is 68.0 Å². The minimum atomic E-state index is -0.228. The molecule has 0 fully saturated rings. The molecule has 0 radical (unpaired) electrons. The first-order chi connectivity index (χ1) is 30.2. The summed E-state index contributed by atoms with van der Waals surface area (Å²) in [6.07, 6.45) is 8.59. The molecule has 6 nitrogen and oxygen atoms in total. The second-order valence-electron chi connectivity index (χ2n) is 17.7. The van der Waals surface area contributed by atoms with Crippen molar-refractivity contribution in [3.63, 3.8) is 0 Å². The summed E-state index contributed by atoms with van der Waals surface area (Å²) in [6.45, 7) is 10.7. The monoisotopic (exact) mass is 848 g/mol. The Morgan fingerprint density at radius 3 is 0.806 bits per heavy atom. The van der Waals surface area contributed by atoms with Crippen LogP contribution in [0.1, 0.15) is 50.5 Å². The highest BCUT2D eigenvalue weighted by Crippen LogP contribution is 2.56. The minimum absolute atomic E-state index is 0.228. The molecule has 3 aromatic heterocycles. The summed E-state index contributed by atoms with van der Waals surface area (Å²) in [6, 6.07) is 42.1. The summed E-state index contributed by atoms with van der Waals surface area (Å²) >= 11 is 3.36. The van der Waals surface area contributed by atoms with Gasteiger partial charge in [-0.1, -0.05) is 149 Å². The third-order valence-corrected chi connectivity index (χ3v) is 13.9. The Bertz CT molecular complexity index is 2710. The van der Waals surface area contributed by atoms with E-state index in [1.54, 1.807) is 22.7 Å². The Morgan fingerprint density at radius 2 is 0.581 bits per heavy atom. The van der Waals surface area contributed by atoms with Crippen molar-refractivity contribution in [2.24, 2.45) is 10.8 Å². The zero-order valence-corrected chi connectivity index (χ0v) is 36.7. The van der Waals surface area contributed by atoms with E-state index in [9.17, 15) is 0 Å². The average molecular weight is 849 g/mol. The van der Waals surface area contributed by atoms with Crippen LogP contribution in [0.4, 0.5) is 0 Å². The maximum absolute atomic E-state index is 6.95. The molecule has 62 heavy (non-hydrogen) atoms. The number of hydrogen-bond acceptors (Lipinski definition) is 8. The van der Waals surface area contributed by atoms with Gasteiger partial charge in [0.25, 0.3) is 0 Å². The van der Waals surface area contributed by atoms with Gasteiger partial charge in [-0.2, -0.15) is 0 Å². The molecule has 0 spiro atoms. The van der Waals surface area contributed by atoms with Gasteiger partial charge in [0.2, 0.25) is 0 Å². The highest BCUT2D eigenvalue weighted by atomic mass is 32.1. The number of nitrogens with zero attached hydrogens (tertiary/aromatic N) is 2. The first kappa shape index (κ1) is 38.4. The van der Waals surface area contributed by atoms with Crippen LogP contribution in [0, 0.1) is 10.8 Å². The maximum atomic E-state index is 6.95. The molecule has 0 unspecified atom stereocenters. The maximum Gasteiger partial charge on any atom is 0.180 e. The topological polar surface area (TPSA) is 62.7 Å². The van der Waals surface area contributed by atoms with Gasteiger partial charge < -0.3 is 18.9 Å². The molecule has 0 aliphatic carbocycles. The molecule has 0 saturated carbocycles. The third-order valence-electron chi connectivity index (χ3n) is 11.5. The summed E-state index contributed by atoms with van der Waals surface area (Å²) in [4.78, 5) is 11.2. The van der Waals surface area contributed by atoms with Crippen LogP contribution in [0.3, 0.4) is 0 Å². The van der Waals surface area contributed by atoms with Gasteiger partial charge >= 0.3 is 0 Å². The van der Waals surface area contributed by atoms with Gasteiger partial charge in [-0.3, -0.25) is 0 Å². The number of ether oxygens (including phenoxy) is 4. The summed E-state index contributed by atoms with van der Waals surface area (Å²) < 4.78 is 31.6. The standard InChI is InChI=1S/C54H44N2O4S2/c1-53(2)29-57-45-46(58-30-53)50-42(34-19-11-6-12-20-34)38-26-28-40(56-38)44(36-23-15-8-16-24-36)52-48-47(59-31-54(3,4)32-60-48)51(62-52)43(35-21-13-7-14-22-35)39-27-25-37(55-39)41(49(45)61-50)33-17-9-5-10-18-33/h5-28H,29-32H2,1-4H3. The number of thiophene rings is 2. The molecule has 11 rings (SSSR count). The highest BCUT2D eigenvalue weighted by molar-refractivity contribution is 7.26. The second-order valence-corrected chi connectivity index (χ2v) is 19.8. The van der Waals surface area contributed by atoms with Gasteiger partial charge in [0, 0.05) is 33.1 Å². The lowest BCUT2D eigenvalue weighted by molar-refractivity contribution is 0.141. The predicted octanol–water partition coefficient (Wildman–Crippen LogP) is 14.4. The molecular weight excluding hydrogens is 805 g/mol. The molecule has 0 N–H and O–H groups in total. The number of fused-ring (bicyclic) bond motifs is 14. The van der Waals surface area contributed by atoms with Crippen LogP contribution in [-0.2, 0) is 0 Å². The van der Waals surface area contributed by atoms with Crippen molar-refractivity contribution in [3.8, 4) is 67.5 Å². The zero-order valence-electron chi connectivity index (χ0n) is 35.0. The van der Waals surface area contributed by atoms with E-state index >= 15 is 0 Å². The smallest absolute Gasteiger partial charge is 0.180 e. The summed E-state index contributed by atoms with van der Waals surface area (Å²) in [5.41, 5.74) is 10.9. The van der Waals surface area contributed by atoms with Crippen LogP contribution in [0.2, 0.25) is 0 Å². The summed E-state index contributed by atoms with van der Waals surface area (Å²) in [5.74, 6) is 2.92. The molecule has 0 saturated heterocycles. The van der Waals surface area contributed by atoms with Crippen LogP contribution in [0.5, 0.6) is 23.0 Å². The Labute approximate surface area is 369 Å². The van der Waals surface area contributed by atoms with E-state index in [1.807, 2.05) is 0 Å². The van der Waals surface area contributed by atoms with Crippen molar-refractivity contribution < 1.29 is 18.9 Å². The first-order valence-corrected chi connectivity index (χ1v) is 22.7. The fraction of sp³-hybridized carbons (Fsp3) is 0.185. The van der Waals surface area contributed by atoms with E-state index < -0.39 is 0 Å². The van der Waals surface area contributed by atoms with E-state index in [0.717, 1.165) is 109 Å². The molecule has 0 amide bonds. The Kier molecular flexibility index (Phi) is 9.40. The van der Waals surface area contributed by atoms with Crippen molar-refractivity contribution in [1.82, 2.24) is 9.97 Å². The molecule has 4 aromatic carbocycles. The molecule has 4 aliphatic heterocycles. The number of rotatable bonds is 4. The Hall–Kier alpha value is -6.48. The number of hydrogen-bond donors (Lipinski definition) is 0. The van der Waals surface area contributed by atoms with Gasteiger partial charge in [0.1, 0.15) is 0 Å². The normalized spacial score (nSPS) is 15.8. The van der Waals surface area contributed by atoms with Crippen LogP contribution in [-0.4, -0.2) is 36.4 Å². The molecule has 7 heterocycles. The van der Waals surface area contributed by atoms with Crippen molar-refractivity contribution in [3.05, 3.63) is 144 Å². The molecule has 8 heteroatoms. The molecule has 0 atom stereocenters. The first-order valence-electron chi connectivity index (χ1n) is 21.1. The largest absolute Gasteiger partial charge is 0.487 e. The molecule has 8 bridgehead atoms. The van der Waals surface area contributed by atoms with Crippen molar-refractivity contribution in [2.45, 2.75) is 27.7 Å². The van der Waals surface area contributed by atoms with E-state index in [0.29, 0.717) is 26.4 Å². The second kappa shape index (κ2) is 15.2. The Balaban J connectivity index is 1.40. The minimum Gasteiger partial charge on any atom is -0.487 e. The number of aromatic nitrogens is 2. The lowest BCUT2D eigenvalue weighted by Gasteiger charge is -2.20. The van der Waals surface area contributed by atoms with Gasteiger partial charge in [-0.15, -0.1) is 22.7 Å². The van der Waals surface area contributed by atoms with E-state index in [1.165, 1.54) is 0 Å². The van der Waals surface area contributed by atoms with Crippen molar-refractivity contribution in [2.75, 3.05) is 26.4 Å². The van der Waals surface area contributed by atoms with Crippen molar-refractivity contribution in [1.29, 1.82) is 0 Å². The summed E-state index contributed by atoms with van der Waals surface area (Å²) in [5, 5.41) is 0. The van der Waals surface area contributed by atoms with Crippen LogP contribution in [0.25, 0.3) is 87.6 Å². The molecule has 306 valence electrons. The quantitative estimate of drug-likeness (QED) is 0.176. The Morgan fingerprint density at radius 1 is 0.355 bits per heavy atom. The van der Waals surface area contributed by atoms with Crippen molar-refractivity contribution >= 4 is 65.8 Å².